The molecule has 80 valence electrons. The van der Waals surface area contributed by atoms with E-state index in [2.05, 4.69) is 15.8 Å². The van der Waals surface area contributed by atoms with Crippen molar-refractivity contribution in [2.24, 2.45) is 5.10 Å². The average molecular weight is 242 g/mol. The number of nitrogens with one attached hydrogen (secondary N) is 2. The SMILES string of the molecule is CCNC(=S)NN=Cc1cccc(Cl)c1. The number of nitrogens with zero attached hydrogens (tertiary/aromatic N) is 1. The molecule has 5 heteroatoms. The molecule has 3 nitrogen and oxygen atoms in total. The van der Waals surface area contributed by atoms with Crippen LogP contribution >= 0.6 is 23.8 Å². The Morgan fingerprint density at radius 2 is 2.40 bits per heavy atom. The van der Waals surface area contributed by atoms with E-state index < -0.39 is 0 Å². The molecular formula is C10H12ClN3S. The third-order valence-corrected chi connectivity index (χ3v) is 2.04. The van der Waals surface area contributed by atoms with E-state index in [9.17, 15) is 0 Å². The maximum absolute atomic E-state index is 5.82. The van der Waals surface area contributed by atoms with Crippen molar-refractivity contribution in [1.82, 2.24) is 10.7 Å². The number of halogens is 1. The number of hydrogen-bond acceptors (Lipinski definition) is 2. The van der Waals surface area contributed by atoms with Gasteiger partial charge in [-0.1, -0.05) is 23.7 Å². The van der Waals surface area contributed by atoms with Crippen LogP contribution in [0.2, 0.25) is 5.02 Å². The Labute approximate surface area is 99.5 Å². The van der Waals surface area contributed by atoms with E-state index in [0.717, 1.165) is 12.1 Å². The summed E-state index contributed by atoms with van der Waals surface area (Å²) < 4.78 is 0. The Bertz CT molecular complexity index is 365. The minimum Gasteiger partial charge on any atom is -0.362 e. The number of benzene rings is 1. The van der Waals surface area contributed by atoms with Gasteiger partial charge in [0.05, 0.1) is 6.21 Å². The molecule has 15 heavy (non-hydrogen) atoms. The Hall–Kier alpha value is -1.13. The standard InChI is InChI=1S/C10H12ClN3S/c1-2-12-10(15)14-13-7-8-4-3-5-9(11)6-8/h3-7H,2H2,1H3,(H2,12,14,15). The van der Waals surface area contributed by atoms with E-state index >= 15 is 0 Å². The molecule has 0 amide bonds. The summed E-state index contributed by atoms with van der Waals surface area (Å²) in [7, 11) is 0. The van der Waals surface area contributed by atoms with Gasteiger partial charge in [0.25, 0.3) is 0 Å². The predicted octanol–water partition coefficient (Wildman–Crippen LogP) is 2.16. The van der Waals surface area contributed by atoms with E-state index in [-0.39, 0.29) is 0 Å². The monoisotopic (exact) mass is 241 g/mol. The molecule has 0 heterocycles. The van der Waals surface area contributed by atoms with Crippen molar-refractivity contribution in [3.05, 3.63) is 34.9 Å². The molecule has 0 aliphatic carbocycles. The van der Waals surface area contributed by atoms with Gasteiger partial charge in [0.2, 0.25) is 0 Å². The zero-order chi connectivity index (χ0) is 11.1. The summed E-state index contributed by atoms with van der Waals surface area (Å²) in [5, 5.41) is 8.09. The molecule has 0 bridgehead atoms. The van der Waals surface area contributed by atoms with Crippen LogP contribution in [0, 0.1) is 0 Å². The normalized spacial score (nSPS) is 10.3. The minimum absolute atomic E-state index is 0.510. The summed E-state index contributed by atoms with van der Waals surface area (Å²) in [6, 6.07) is 7.41. The molecule has 0 saturated heterocycles. The van der Waals surface area contributed by atoms with Crippen molar-refractivity contribution in [2.75, 3.05) is 6.54 Å². The fourth-order valence-corrected chi connectivity index (χ4v) is 1.35. The van der Waals surface area contributed by atoms with E-state index in [1.54, 1.807) is 6.21 Å². The van der Waals surface area contributed by atoms with Gasteiger partial charge in [-0.3, -0.25) is 5.43 Å². The van der Waals surface area contributed by atoms with Gasteiger partial charge in [0.15, 0.2) is 5.11 Å². The first-order valence-electron chi connectivity index (χ1n) is 4.55. The van der Waals surface area contributed by atoms with Crippen LogP contribution in [-0.4, -0.2) is 17.9 Å². The van der Waals surface area contributed by atoms with E-state index in [0.29, 0.717) is 10.1 Å². The van der Waals surface area contributed by atoms with Crippen LogP contribution in [0.5, 0.6) is 0 Å². The lowest BCUT2D eigenvalue weighted by Crippen LogP contribution is -2.31. The first kappa shape index (κ1) is 11.9. The molecule has 0 spiro atoms. The molecule has 0 atom stereocenters. The number of hydrazone groups is 1. The van der Waals surface area contributed by atoms with E-state index in [1.807, 2.05) is 31.2 Å². The third kappa shape index (κ3) is 4.76. The van der Waals surface area contributed by atoms with Gasteiger partial charge >= 0.3 is 0 Å². The van der Waals surface area contributed by atoms with Gasteiger partial charge in [-0.2, -0.15) is 5.10 Å². The summed E-state index contributed by atoms with van der Waals surface area (Å²) in [4.78, 5) is 0. The number of thiocarbonyl (C=S) groups is 1. The largest absolute Gasteiger partial charge is 0.362 e. The lowest BCUT2D eigenvalue weighted by atomic mass is 10.2. The van der Waals surface area contributed by atoms with Gasteiger partial charge in [0.1, 0.15) is 0 Å². The summed E-state index contributed by atoms with van der Waals surface area (Å²) in [6.07, 6.45) is 1.66. The van der Waals surface area contributed by atoms with Gasteiger partial charge in [-0.05, 0) is 36.8 Å². The molecule has 0 unspecified atom stereocenters. The summed E-state index contributed by atoms with van der Waals surface area (Å²) in [5.41, 5.74) is 3.62. The topological polar surface area (TPSA) is 36.4 Å². The third-order valence-electron chi connectivity index (χ3n) is 1.57. The van der Waals surface area contributed by atoms with Gasteiger partial charge in [-0.15, -0.1) is 0 Å². The molecule has 1 aromatic rings. The fourth-order valence-electron chi connectivity index (χ4n) is 0.952. The zero-order valence-corrected chi connectivity index (χ0v) is 9.90. The molecule has 0 aliphatic rings. The van der Waals surface area contributed by atoms with Crippen molar-refractivity contribution in [2.45, 2.75) is 6.92 Å². The van der Waals surface area contributed by atoms with Crippen LogP contribution in [0.4, 0.5) is 0 Å². The van der Waals surface area contributed by atoms with E-state index in [1.165, 1.54) is 0 Å². The Morgan fingerprint density at radius 3 is 3.07 bits per heavy atom. The van der Waals surface area contributed by atoms with Crippen molar-refractivity contribution in [1.29, 1.82) is 0 Å². The zero-order valence-electron chi connectivity index (χ0n) is 8.33. The van der Waals surface area contributed by atoms with Gasteiger partial charge in [-0.25, -0.2) is 0 Å². The van der Waals surface area contributed by atoms with Crippen molar-refractivity contribution >= 4 is 35.1 Å². The molecule has 0 fully saturated rings. The summed E-state index contributed by atoms with van der Waals surface area (Å²) in [6.45, 7) is 2.74. The summed E-state index contributed by atoms with van der Waals surface area (Å²) >= 11 is 10.7. The second-order valence-corrected chi connectivity index (χ2v) is 3.63. The maximum Gasteiger partial charge on any atom is 0.186 e. The van der Waals surface area contributed by atoms with Crippen LogP contribution in [-0.2, 0) is 0 Å². The quantitative estimate of drug-likeness (QED) is 0.484. The van der Waals surface area contributed by atoms with Crippen LogP contribution in [0.3, 0.4) is 0 Å². The fraction of sp³-hybridized carbons (Fsp3) is 0.200. The molecule has 0 aromatic heterocycles. The second kappa shape index (κ2) is 6.37. The van der Waals surface area contributed by atoms with Crippen LogP contribution in [0.1, 0.15) is 12.5 Å². The first-order valence-corrected chi connectivity index (χ1v) is 5.33. The highest BCUT2D eigenvalue weighted by molar-refractivity contribution is 7.80. The smallest absolute Gasteiger partial charge is 0.186 e. The minimum atomic E-state index is 0.510. The second-order valence-electron chi connectivity index (χ2n) is 2.78. The molecule has 1 rings (SSSR count). The molecule has 0 aliphatic heterocycles. The Morgan fingerprint density at radius 1 is 1.60 bits per heavy atom. The highest BCUT2D eigenvalue weighted by Gasteiger charge is 1.90. The average Bonchev–Trinajstić information content (AvgIpc) is 2.18. The first-order chi connectivity index (χ1) is 7.22. The Kier molecular flexibility index (Phi) is 5.07. The molecule has 1 aromatic carbocycles. The lowest BCUT2D eigenvalue weighted by molar-refractivity contribution is 0.904. The van der Waals surface area contributed by atoms with Crippen LogP contribution in [0.25, 0.3) is 0 Å². The predicted molar refractivity (Wildman–Crippen MR) is 68.5 cm³/mol. The lowest BCUT2D eigenvalue weighted by Gasteiger charge is -2.02. The number of rotatable bonds is 3. The van der Waals surface area contributed by atoms with E-state index in [4.69, 9.17) is 23.8 Å². The maximum atomic E-state index is 5.82. The van der Waals surface area contributed by atoms with Crippen molar-refractivity contribution in [3.63, 3.8) is 0 Å². The molecule has 0 radical (unpaired) electrons. The molecule has 0 saturated carbocycles. The summed E-state index contributed by atoms with van der Waals surface area (Å²) in [5.74, 6) is 0. The molecule has 2 N–H and O–H groups in total. The van der Waals surface area contributed by atoms with Crippen molar-refractivity contribution in [3.8, 4) is 0 Å². The highest BCUT2D eigenvalue weighted by atomic mass is 35.5. The highest BCUT2D eigenvalue weighted by Crippen LogP contribution is 2.08. The molecular weight excluding hydrogens is 230 g/mol. The Balaban J connectivity index is 2.48. The van der Waals surface area contributed by atoms with Gasteiger partial charge in [0, 0.05) is 11.6 Å². The number of hydrogen-bond donors (Lipinski definition) is 2. The van der Waals surface area contributed by atoms with Crippen LogP contribution in [0.15, 0.2) is 29.4 Å². The van der Waals surface area contributed by atoms with Gasteiger partial charge < -0.3 is 5.32 Å². The van der Waals surface area contributed by atoms with Crippen molar-refractivity contribution < 1.29 is 0 Å². The van der Waals surface area contributed by atoms with Crippen LogP contribution < -0.4 is 10.7 Å².